The summed E-state index contributed by atoms with van der Waals surface area (Å²) in [5.74, 6) is -4.86. The van der Waals surface area contributed by atoms with Crippen molar-refractivity contribution >= 4 is 23.4 Å². The lowest BCUT2D eigenvalue weighted by atomic mass is 10.1. The summed E-state index contributed by atoms with van der Waals surface area (Å²) >= 11 is 0. The Bertz CT molecular complexity index is 1030. The zero-order valence-corrected chi connectivity index (χ0v) is 17.5. The third-order valence-electron chi connectivity index (χ3n) is 4.98. The molecular formula is C21H24F2N4O6. The maximum absolute atomic E-state index is 14.5. The van der Waals surface area contributed by atoms with Gasteiger partial charge in [-0.1, -0.05) is 18.2 Å². The van der Waals surface area contributed by atoms with Crippen molar-refractivity contribution in [3.05, 3.63) is 53.1 Å². The first kappa shape index (κ1) is 24.3. The second-order valence-electron chi connectivity index (χ2n) is 7.49. The van der Waals surface area contributed by atoms with E-state index in [-0.39, 0.29) is 24.6 Å². The number of hydrogen-bond donors (Lipinski definition) is 3. The number of ether oxygens (including phenoxy) is 2. The van der Waals surface area contributed by atoms with Crippen LogP contribution in [0.1, 0.15) is 31.9 Å². The summed E-state index contributed by atoms with van der Waals surface area (Å²) in [5, 5.41) is 12.7. The fraction of sp³-hybridized carbons (Fsp3) is 0.429. The van der Waals surface area contributed by atoms with Gasteiger partial charge in [-0.3, -0.25) is 14.2 Å². The molecule has 1 saturated heterocycles. The monoisotopic (exact) mass is 466 g/mol. The fourth-order valence-corrected chi connectivity index (χ4v) is 3.26. The minimum absolute atomic E-state index is 0.0391. The van der Waals surface area contributed by atoms with Gasteiger partial charge in [0, 0.05) is 24.7 Å². The van der Waals surface area contributed by atoms with E-state index in [1.54, 1.807) is 24.3 Å². The molecule has 0 saturated carbocycles. The summed E-state index contributed by atoms with van der Waals surface area (Å²) in [7, 11) is 0. The number of aliphatic hydroxyl groups is 1. The van der Waals surface area contributed by atoms with Crippen molar-refractivity contribution in [2.45, 2.75) is 50.0 Å². The highest BCUT2D eigenvalue weighted by atomic mass is 19.3. The Morgan fingerprint density at radius 2 is 1.91 bits per heavy atom. The highest BCUT2D eigenvalue weighted by molar-refractivity contribution is 5.90. The van der Waals surface area contributed by atoms with Crippen molar-refractivity contribution in [1.29, 1.82) is 0 Å². The number of nitrogens with one attached hydrogen (secondary N) is 1. The SMILES string of the molecule is Nc1ccn([C@@H]2O[C@H](COC(=O)CCCCC(=O)Nc3ccccc3)[C@@H](O)C2(F)F)c(=O)n1. The molecule has 178 valence electrons. The molecule has 1 aliphatic heterocycles. The third-order valence-corrected chi connectivity index (χ3v) is 4.98. The predicted octanol–water partition coefficient (Wildman–Crippen LogP) is 1.46. The van der Waals surface area contributed by atoms with E-state index >= 15 is 0 Å². The normalized spacial score (nSPS) is 21.5. The van der Waals surface area contributed by atoms with Crippen molar-refractivity contribution in [2.24, 2.45) is 0 Å². The number of alkyl halides is 2. The molecular weight excluding hydrogens is 442 g/mol. The van der Waals surface area contributed by atoms with Gasteiger partial charge in [-0.2, -0.15) is 13.8 Å². The van der Waals surface area contributed by atoms with Crippen LogP contribution in [0.15, 0.2) is 47.4 Å². The first-order valence-electron chi connectivity index (χ1n) is 10.2. The number of rotatable bonds is 9. The van der Waals surface area contributed by atoms with Crippen molar-refractivity contribution in [1.82, 2.24) is 9.55 Å². The minimum atomic E-state index is -3.83. The average molecular weight is 466 g/mol. The molecule has 0 bridgehead atoms. The van der Waals surface area contributed by atoms with Crippen molar-refractivity contribution in [3.63, 3.8) is 0 Å². The molecule has 0 aliphatic carbocycles. The van der Waals surface area contributed by atoms with Gasteiger partial charge in [0.05, 0.1) is 0 Å². The second-order valence-corrected chi connectivity index (χ2v) is 7.49. The molecule has 0 spiro atoms. The molecule has 3 atom stereocenters. The van der Waals surface area contributed by atoms with E-state index in [1.165, 1.54) is 0 Å². The van der Waals surface area contributed by atoms with E-state index in [1.807, 2.05) is 6.07 Å². The summed E-state index contributed by atoms with van der Waals surface area (Å²) in [6.45, 7) is -0.627. The minimum Gasteiger partial charge on any atom is -0.463 e. The number of halogens is 2. The Labute approximate surface area is 187 Å². The largest absolute Gasteiger partial charge is 0.463 e. The molecule has 4 N–H and O–H groups in total. The standard InChI is InChI=1S/C21H24F2N4O6/c22-21(23)18(30)14(33-19(21)27-11-10-15(24)26-20(27)31)12-32-17(29)9-5-4-8-16(28)25-13-6-2-1-3-7-13/h1-3,6-7,10-11,14,18-19,30H,4-5,8-9,12H2,(H,25,28)(H2,24,26,31)/t14-,18-,19-/m1/s1. The number of nitrogen functional groups attached to an aromatic ring is 1. The van der Waals surface area contributed by atoms with Crippen LogP contribution in [0.2, 0.25) is 0 Å². The zero-order chi connectivity index (χ0) is 24.0. The lowest BCUT2D eigenvalue weighted by molar-refractivity contribution is -0.150. The number of unbranched alkanes of at least 4 members (excludes halogenated alkanes) is 1. The molecule has 1 aliphatic rings. The molecule has 33 heavy (non-hydrogen) atoms. The highest BCUT2D eigenvalue weighted by Gasteiger charge is 2.60. The number of esters is 1. The van der Waals surface area contributed by atoms with E-state index in [9.17, 15) is 28.3 Å². The quantitative estimate of drug-likeness (QED) is 0.372. The Balaban J connectivity index is 1.42. The first-order valence-corrected chi connectivity index (χ1v) is 10.2. The van der Waals surface area contributed by atoms with E-state index < -0.39 is 42.6 Å². The second kappa shape index (κ2) is 10.5. The molecule has 0 unspecified atom stereocenters. The number of benzene rings is 1. The lowest BCUT2D eigenvalue weighted by Crippen LogP contribution is -2.42. The molecule has 1 fully saturated rings. The van der Waals surface area contributed by atoms with Crippen LogP contribution in [-0.2, 0) is 19.1 Å². The van der Waals surface area contributed by atoms with Crippen LogP contribution in [-0.4, -0.2) is 51.3 Å². The van der Waals surface area contributed by atoms with Crippen LogP contribution < -0.4 is 16.7 Å². The number of nitrogens with two attached hydrogens (primary N) is 1. The van der Waals surface area contributed by atoms with Gasteiger partial charge in [0.1, 0.15) is 18.5 Å². The van der Waals surface area contributed by atoms with Crippen LogP contribution in [0.25, 0.3) is 0 Å². The Morgan fingerprint density at radius 3 is 2.61 bits per heavy atom. The number of aromatic nitrogens is 2. The molecule has 1 aromatic carbocycles. The van der Waals surface area contributed by atoms with E-state index in [0.29, 0.717) is 23.1 Å². The van der Waals surface area contributed by atoms with Gasteiger partial charge >= 0.3 is 17.6 Å². The number of nitrogens with zero attached hydrogens (tertiary/aromatic N) is 2. The number of hydrogen-bond acceptors (Lipinski definition) is 8. The smallest absolute Gasteiger partial charge is 0.351 e. The molecule has 2 heterocycles. The van der Waals surface area contributed by atoms with Crippen LogP contribution in [0, 0.1) is 0 Å². The Kier molecular flexibility index (Phi) is 7.71. The number of para-hydroxylation sites is 1. The predicted molar refractivity (Wildman–Crippen MR) is 112 cm³/mol. The van der Waals surface area contributed by atoms with Crippen molar-refractivity contribution in [3.8, 4) is 0 Å². The Hall–Kier alpha value is -3.38. The van der Waals surface area contributed by atoms with E-state index in [2.05, 4.69) is 10.3 Å². The first-order chi connectivity index (χ1) is 15.7. The van der Waals surface area contributed by atoms with Crippen LogP contribution >= 0.6 is 0 Å². The molecule has 3 rings (SSSR count). The van der Waals surface area contributed by atoms with E-state index in [4.69, 9.17) is 15.2 Å². The van der Waals surface area contributed by atoms with Gasteiger partial charge in [-0.15, -0.1) is 0 Å². The zero-order valence-electron chi connectivity index (χ0n) is 17.5. The number of carbonyl (C=O) groups excluding carboxylic acids is 2. The summed E-state index contributed by atoms with van der Waals surface area (Å²) in [4.78, 5) is 39.0. The number of carbonyl (C=O) groups is 2. The van der Waals surface area contributed by atoms with Gasteiger partial charge in [-0.25, -0.2) is 4.79 Å². The molecule has 10 nitrogen and oxygen atoms in total. The topological polar surface area (TPSA) is 146 Å². The Morgan fingerprint density at radius 1 is 1.21 bits per heavy atom. The summed E-state index contributed by atoms with van der Waals surface area (Å²) in [6, 6.07) is 10.1. The molecule has 1 amide bonds. The summed E-state index contributed by atoms with van der Waals surface area (Å²) in [5.41, 5.74) is 4.95. The molecule has 1 aromatic heterocycles. The highest BCUT2D eigenvalue weighted by Crippen LogP contribution is 2.42. The van der Waals surface area contributed by atoms with Gasteiger partial charge in [0.15, 0.2) is 6.10 Å². The summed E-state index contributed by atoms with van der Waals surface area (Å²) in [6.07, 6.45) is -4.06. The van der Waals surface area contributed by atoms with Crippen LogP contribution in [0.4, 0.5) is 20.3 Å². The fourth-order valence-electron chi connectivity index (χ4n) is 3.26. The van der Waals surface area contributed by atoms with Crippen molar-refractivity contribution < 1.29 is 33.0 Å². The third kappa shape index (κ3) is 6.11. The van der Waals surface area contributed by atoms with Gasteiger partial charge in [0.2, 0.25) is 12.1 Å². The number of amides is 1. The lowest BCUT2D eigenvalue weighted by Gasteiger charge is -2.20. The molecule has 12 heteroatoms. The number of aliphatic hydroxyl groups excluding tert-OH is 1. The molecule has 2 aromatic rings. The van der Waals surface area contributed by atoms with Gasteiger partial charge in [-0.05, 0) is 31.0 Å². The maximum atomic E-state index is 14.5. The molecule has 0 radical (unpaired) electrons. The van der Waals surface area contributed by atoms with Crippen LogP contribution in [0.5, 0.6) is 0 Å². The average Bonchev–Trinajstić information content (AvgIpc) is 2.99. The van der Waals surface area contributed by atoms with E-state index in [0.717, 1.165) is 12.3 Å². The van der Waals surface area contributed by atoms with Crippen molar-refractivity contribution in [2.75, 3.05) is 17.7 Å². The van der Waals surface area contributed by atoms with Gasteiger partial charge in [0.25, 0.3) is 0 Å². The summed E-state index contributed by atoms with van der Waals surface area (Å²) < 4.78 is 39.5. The maximum Gasteiger partial charge on any atom is 0.351 e. The van der Waals surface area contributed by atoms with Gasteiger partial charge < -0.3 is 25.6 Å². The van der Waals surface area contributed by atoms with Crippen LogP contribution in [0.3, 0.4) is 0 Å². The number of anilines is 2.